The number of nitrogens with two attached hydrogens (primary N) is 1. The summed E-state index contributed by atoms with van der Waals surface area (Å²) in [5.74, 6) is 0. The summed E-state index contributed by atoms with van der Waals surface area (Å²) in [6.07, 6.45) is 1.77. The molecule has 0 aliphatic rings. The first kappa shape index (κ1) is 9.85. The molecule has 0 fully saturated rings. The molecule has 0 radical (unpaired) electrons. The molecule has 0 aromatic carbocycles. The van der Waals surface area contributed by atoms with Crippen LogP contribution in [0.25, 0.3) is 0 Å². The number of pyridine rings is 1. The zero-order valence-electron chi connectivity index (χ0n) is 6.84. The minimum atomic E-state index is -1.68. The summed E-state index contributed by atoms with van der Waals surface area (Å²) in [6.45, 7) is 0.211. The van der Waals surface area contributed by atoms with Gasteiger partial charge < -0.3 is 15.8 Å². The van der Waals surface area contributed by atoms with Gasteiger partial charge in [0.1, 0.15) is 6.29 Å². The summed E-state index contributed by atoms with van der Waals surface area (Å²) < 4.78 is 0. The van der Waals surface area contributed by atoms with Gasteiger partial charge in [0.05, 0.1) is 5.69 Å². The second-order valence-corrected chi connectivity index (χ2v) is 2.50. The number of hydrogen-bond acceptors (Lipinski definition) is 5. The lowest BCUT2D eigenvalue weighted by Gasteiger charge is -2.03. The third-order valence-electron chi connectivity index (χ3n) is 1.64. The standard InChI is InChI=1S/C7H9BN2O3/c9-2-6-1-5(4-11)7(3-10-6)8(12)13/h1,3-4,12-13H,2,9H2. The van der Waals surface area contributed by atoms with Crippen LogP contribution < -0.4 is 11.2 Å². The highest BCUT2D eigenvalue weighted by Gasteiger charge is 2.16. The molecule has 0 aliphatic carbocycles. The first-order chi connectivity index (χ1) is 6.19. The summed E-state index contributed by atoms with van der Waals surface area (Å²) in [6, 6.07) is 1.43. The highest BCUT2D eigenvalue weighted by Crippen LogP contribution is 1.96. The molecule has 0 unspecified atom stereocenters. The average Bonchev–Trinajstić information content (AvgIpc) is 2.16. The zero-order chi connectivity index (χ0) is 9.84. The molecule has 0 saturated carbocycles. The van der Waals surface area contributed by atoms with E-state index < -0.39 is 7.12 Å². The minimum absolute atomic E-state index is 0.0900. The van der Waals surface area contributed by atoms with E-state index in [9.17, 15) is 4.79 Å². The predicted molar refractivity (Wildman–Crippen MR) is 47.3 cm³/mol. The van der Waals surface area contributed by atoms with Crippen LogP contribution in [0.1, 0.15) is 16.1 Å². The molecule has 1 rings (SSSR count). The van der Waals surface area contributed by atoms with Crippen molar-refractivity contribution >= 4 is 18.9 Å². The van der Waals surface area contributed by atoms with Crippen molar-refractivity contribution in [3.63, 3.8) is 0 Å². The van der Waals surface area contributed by atoms with Crippen molar-refractivity contribution in [2.24, 2.45) is 5.73 Å². The maximum absolute atomic E-state index is 10.5. The number of carbonyl (C=O) groups excluding carboxylic acids is 1. The number of rotatable bonds is 3. The van der Waals surface area contributed by atoms with E-state index in [0.717, 1.165) is 0 Å². The first-order valence-corrected chi connectivity index (χ1v) is 3.69. The van der Waals surface area contributed by atoms with Gasteiger partial charge in [-0.2, -0.15) is 0 Å². The third-order valence-corrected chi connectivity index (χ3v) is 1.64. The number of aromatic nitrogens is 1. The zero-order valence-corrected chi connectivity index (χ0v) is 6.84. The second-order valence-electron chi connectivity index (χ2n) is 2.50. The van der Waals surface area contributed by atoms with Gasteiger partial charge in [-0.3, -0.25) is 9.78 Å². The van der Waals surface area contributed by atoms with E-state index in [-0.39, 0.29) is 17.6 Å². The summed E-state index contributed by atoms with van der Waals surface area (Å²) in [7, 11) is -1.68. The van der Waals surface area contributed by atoms with Gasteiger partial charge in [0.15, 0.2) is 0 Å². The third kappa shape index (κ3) is 2.12. The Morgan fingerprint density at radius 1 is 1.62 bits per heavy atom. The van der Waals surface area contributed by atoms with Crippen molar-refractivity contribution < 1.29 is 14.8 Å². The van der Waals surface area contributed by atoms with Gasteiger partial charge >= 0.3 is 7.12 Å². The van der Waals surface area contributed by atoms with Crippen LogP contribution in [-0.4, -0.2) is 28.4 Å². The molecule has 1 aromatic rings. The van der Waals surface area contributed by atoms with Crippen LogP contribution in [0.5, 0.6) is 0 Å². The van der Waals surface area contributed by atoms with E-state index in [1.165, 1.54) is 12.3 Å². The number of hydrogen-bond donors (Lipinski definition) is 3. The lowest BCUT2D eigenvalue weighted by molar-refractivity contribution is 0.112. The molecular weight excluding hydrogens is 171 g/mol. The number of nitrogens with zero attached hydrogens (tertiary/aromatic N) is 1. The van der Waals surface area contributed by atoms with Gasteiger partial charge in [0.25, 0.3) is 0 Å². The molecule has 4 N–H and O–H groups in total. The fraction of sp³-hybridized carbons (Fsp3) is 0.143. The molecule has 0 saturated heterocycles. The van der Waals surface area contributed by atoms with Gasteiger partial charge in [0, 0.05) is 23.8 Å². The first-order valence-electron chi connectivity index (χ1n) is 3.69. The van der Waals surface area contributed by atoms with E-state index in [1.807, 2.05) is 0 Å². The molecule has 0 aliphatic heterocycles. The maximum Gasteiger partial charge on any atom is 0.490 e. The van der Waals surface area contributed by atoms with E-state index >= 15 is 0 Å². The smallest absolute Gasteiger partial charge is 0.423 e. The van der Waals surface area contributed by atoms with Crippen LogP contribution in [0.15, 0.2) is 12.3 Å². The lowest BCUT2D eigenvalue weighted by atomic mass is 9.78. The molecule has 0 atom stereocenters. The average molecular weight is 180 g/mol. The van der Waals surface area contributed by atoms with Crippen LogP contribution in [0.2, 0.25) is 0 Å². The van der Waals surface area contributed by atoms with E-state index in [0.29, 0.717) is 12.0 Å². The quantitative estimate of drug-likeness (QED) is 0.370. The Balaban J connectivity index is 3.15. The van der Waals surface area contributed by atoms with Gasteiger partial charge in [-0.05, 0) is 6.07 Å². The van der Waals surface area contributed by atoms with Crippen molar-refractivity contribution in [3.05, 3.63) is 23.5 Å². The Labute approximate surface area is 75.4 Å². The molecule has 0 spiro atoms. The monoisotopic (exact) mass is 180 g/mol. The molecule has 6 heteroatoms. The summed E-state index contributed by atoms with van der Waals surface area (Å²) in [5, 5.41) is 17.6. The van der Waals surface area contributed by atoms with Gasteiger partial charge in [0.2, 0.25) is 0 Å². The minimum Gasteiger partial charge on any atom is -0.423 e. The van der Waals surface area contributed by atoms with Crippen LogP contribution in [0, 0.1) is 0 Å². The molecule has 1 heterocycles. The van der Waals surface area contributed by atoms with Crippen molar-refractivity contribution in [1.29, 1.82) is 0 Å². The van der Waals surface area contributed by atoms with Gasteiger partial charge in [-0.1, -0.05) is 0 Å². The highest BCUT2D eigenvalue weighted by molar-refractivity contribution is 6.59. The predicted octanol–water partition coefficient (Wildman–Crippen LogP) is -1.97. The van der Waals surface area contributed by atoms with E-state index in [4.69, 9.17) is 15.8 Å². The summed E-state index contributed by atoms with van der Waals surface area (Å²) in [5.41, 5.74) is 6.12. The highest BCUT2D eigenvalue weighted by atomic mass is 16.4. The topological polar surface area (TPSA) is 96.4 Å². The van der Waals surface area contributed by atoms with Gasteiger partial charge in [-0.25, -0.2) is 0 Å². The van der Waals surface area contributed by atoms with Crippen LogP contribution in [0.4, 0.5) is 0 Å². The SMILES string of the molecule is NCc1cc(C=O)c(B(O)O)cn1. The molecule has 68 valence electrons. The molecule has 13 heavy (non-hydrogen) atoms. The Bertz CT molecular complexity index is 317. The summed E-state index contributed by atoms with van der Waals surface area (Å²) >= 11 is 0. The maximum atomic E-state index is 10.5. The largest absolute Gasteiger partial charge is 0.490 e. The van der Waals surface area contributed by atoms with Gasteiger partial charge in [-0.15, -0.1) is 0 Å². The van der Waals surface area contributed by atoms with Crippen LogP contribution >= 0.6 is 0 Å². The Morgan fingerprint density at radius 2 is 2.31 bits per heavy atom. The lowest BCUT2D eigenvalue weighted by Crippen LogP contribution is -2.33. The fourth-order valence-electron chi connectivity index (χ4n) is 0.957. The van der Waals surface area contributed by atoms with Crippen molar-refractivity contribution in [2.75, 3.05) is 0 Å². The Morgan fingerprint density at radius 3 is 2.77 bits per heavy atom. The molecule has 1 aromatic heterocycles. The number of aldehydes is 1. The fourth-order valence-corrected chi connectivity index (χ4v) is 0.957. The van der Waals surface area contributed by atoms with E-state index in [1.54, 1.807) is 0 Å². The molecule has 5 nitrogen and oxygen atoms in total. The number of carbonyl (C=O) groups is 1. The summed E-state index contributed by atoms with van der Waals surface area (Å²) in [4.78, 5) is 14.3. The second kappa shape index (κ2) is 4.13. The van der Waals surface area contributed by atoms with Crippen LogP contribution in [-0.2, 0) is 6.54 Å². The Hall–Kier alpha value is -1.24. The molecule has 0 bridgehead atoms. The molecule has 0 amide bonds. The van der Waals surface area contributed by atoms with Crippen LogP contribution in [0.3, 0.4) is 0 Å². The van der Waals surface area contributed by atoms with Crippen molar-refractivity contribution in [1.82, 2.24) is 4.98 Å². The van der Waals surface area contributed by atoms with E-state index in [2.05, 4.69) is 4.98 Å². The Kier molecular flexibility index (Phi) is 3.13. The molecular formula is C7H9BN2O3. The van der Waals surface area contributed by atoms with Crippen molar-refractivity contribution in [3.8, 4) is 0 Å². The normalized spacial score (nSPS) is 9.77. The van der Waals surface area contributed by atoms with Crippen molar-refractivity contribution in [2.45, 2.75) is 6.54 Å².